The number of ketones is 1. The third kappa shape index (κ3) is 2.57. The molecule has 1 aliphatic rings. The molecular weight excluding hydrogens is 248 g/mol. The van der Waals surface area contributed by atoms with Crippen molar-refractivity contribution in [3.05, 3.63) is 29.3 Å². The van der Waals surface area contributed by atoms with Crippen molar-refractivity contribution in [1.82, 2.24) is 4.90 Å². The van der Waals surface area contributed by atoms with Crippen molar-refractivity contribution in [2.75, 3.05) is 19.0 Å². The maximum atomic E-state index is 11.8. The van der Waals surface area contributed by atoms with Crippen molar-refractivity contribution in [3.63, 3.8) is 0 Å². The van der Waals surface area contributed by atoms with Crippen molar-refractivity contribution in [2.45, 2.75) is 13.5 Å². The number of benzene rings is 1. The predicted molar refractivity (Wildman–Crippen MR) is 67.9 cm³/mol. The van der Waals surface area contributed by atoms with Gasteiger partial charge < -0.3 is 15.0 Å². The summed E-state index contributed by atoms with van der Waals surface area (Å²) in [4.78, 5) is 36.1. The summed E-state index contributed by atoms with van der Waals surface area (Å²) in [5, 5.41) is 2.69. The van der Waals surface area contributed by atoms with Crippen molar-refractivity contribution >= 4 is 23.5 Å². The third-order valence-electron chi connectivity index (χ3n) is 2.82. The average Bonchev–Trinajstić information content (AvgIpc) is 2.39. The molecule has 0 atom stereocenters. The first-order valence-electron chi connectivity index (χ1n) is 5.89. The minimum Gasteiger partial charge on any atom is -0.460 e. The molecule has 6 heteroatoms. The van der Waals surface area contributed by atoms with Gasteiger partial charge in [-0.3, -0.25) is 4.79 Å². The molecule has 0 spiro atoms. The summed E-state index contributed by atoms with van der Waals surface area (Å²) in [7, 11) is 1.65. The van der Waals surface area contributed by atoms with E-state index in [2.05, 4.69) is 10.1 Å². The van der Waals surface area contributed by atoms with Crippen LogP contribution >= 0.6 is 0 Å². The van der Waals surface area contributed by atoms with E-state index >= 15 is 0 Å². The number of hydrogen-bond acceptors (Lipinski definition) is 4. The van der Waals surface area contributed by atoms with E-state index in [1.165, 1.54) is 11.0 Å². The fourth-order valence-electron chi connectivity index (χ4n) is 1.84. The highest BCUT2D eigenvalue weighted by atomic mass is 16.5. The summed E-state index contributed by atoms with van der Waals surface area (Å²) < 4.78 is 4.67. The molecule has 1 aromatic rings. The molecule has 0 saturated carbocycles. The molecule has 1 aliphatic heterocycles. The Bertz CT molecular complexity index is 554. The topological polar surface area (TPSA) is 75.7 Å². The number of anilines is 1. The number of ether oxygens (including phenoxy) is 1. The first-order chi connectivity index (χ1) is 9.02. The number of urea groups is 1. The second-order valence-corrected chi connectivity index (χ2v) is 4.21. The standard InChI is InChI=1S/C13H14N2O4/c1-3-19-12(17)11(16)8-4-5-10-9(6-8)7-15(2)13(18)14-10/h4-6H,3,7H2,1-2H3,(H,14,18). The van der Waals surface area contributed by atoms with Crippen molar-refractivity contribution < 1.29 is 19.1 Å². The summed E-state index contributed by atoms with van der Waals surface area (Å²) >= 11 is 0. The Labute approximate surface area is 110 Å². The van der Waals surface area contributed by atoms with E-state index < -0.39 is 11.8 Å². The minimum absolute atomic E-state index is 0.161. The summed E-state index contributed by atoms with van der Waals surface area (Å²) in [6.45, 7) is 2.20. The zero-order chi connectivity index (χ0) is 14.0. The van der Waals surface area contributed by atoms with Gasteiger partial charge in [0, 0.05) is 24.8 Å². The smallest absolute Gasteiger partial charge is 0.379 e. The van der Waals surface area contributed by atoms with E-state index in [1.807, 2.05) is 0 Å². The number of amides is 2. The number of nitrogens with one attached hydrogen (secondary N) is 1. The van der Waals surface area contributed by atoms with Crippen molar-refractivity contribution in [2.24, 2.45) is 0 Å². The average molecular weight is 262 g/mol. The summed E-state index contributed by atoms with van der Waals surface area (Å²) in [6.07, 6.45) is 0. The Morgan fingerprint density at radius 2 is 2.16 bits per heavy atom. The molecule has 0 aliphatic carbocycles. The Morgan fingerprint density at radius 3 is 2.84 bits per heavy atom. The lowest BCUT2D eigenvalue weighted by Crippen LogP contribution is -2.35. The van der Waals surface area contributed by atoms with Crippen LogP contribution in [0.5, 0.6) is 0 Å². The quantitative estimate of drug-likeness (QED) is 0.507. The highest BCUT2D eigenvalue weighted by molar-refractivity contribution is 6.40. The van der Waals surface area contributed by atoms with Crippen molar-refractivity contribution in [3.8, 4) is 0 Å². The molecule has 6 nitrogen and oxygen atoms in total. The SMILES string of the molecule is CCOC(=O)C(=O)c1ccc2c(c1)CN(C)C(=O)N2. The fraction of sp³-hybridized carbons (Fsp3) is 0.308. The van der Waals surface area contributed by atoms with Gasteiger partial charge >= 0.3 is 12.0 Å². The van der Waals surface area contributed by atoms with Crippen molar-refractivity contribution in [1.29, 1.82) is 0 Å². The van der Waals surface area contributed by atoms with Crippen LogP contribution in [0.1, 0.15) is 22.8 Å². The highest BCUT2D eigenvalue weighted by Gasteiger charge is 2.23. The van der Waals surface area contributed by atoms with Crippen LogP contribution in [-0.2, 0) is 16.1 Å². The molecule has 0 radical (unpaired) electrons. The van der Waals surface area contributed by atoms with Gasteiger partial charge in [-0.05, 0) is 30.7 Å². The molecule has 1 heterocycles. The van der Waals surface area contributed by atoms with E-state index in [0.29, 0.717) is 12.2 Å². The third-order valence-corrected chi connectivity index (χ3v) is 2.82. The lowest BCUT2D eigenvalue weighted by molar-refractivity contribution is -0.137. The van der Waals surface area contributed by atoms with Crippen LogP contribution in [0.3, 0.4) is 0 Å². The van der Waals surface area contributed by atoms with Crippen LogP contribution in [-0.4, -0.2) is 36.3 Å². The number of esters is 1. The lowest BCUT2D eigenvalue weighted by atomic mass is 10.0. The van der Waals surface area contributed by atoms with Gasteiger partial charge in [-0.25, -0.2) is 9.59 Å². The Morgan fingerprint density at radius 1 is 1.42 bits per heavy atom. The van der Waals surface area contributed by atoms with E-state index in [9.17, 15) is 14.4 Å². The van der Waals surface area contributed by atoms with E-state index in [0.717, 1.165) is 5.56 Å². The molecule has 0 aromatic heterocycles. The monoisotopic (exact) mass is 262 g/mol. The number of Topliss-reactive ketones (excluding diaryl/α,β-unsaturated/α-hetero) is 1. The molecule has 1 N–H and O–H groups in total. The Hall–Kier alpha value is -2.37. The van der Waals surface area contributed by atoms with Gasteiger partial charge in [-0.1, -0.05) is 0 Å². The van der Waals surface area contributed by atoms with Gasteiger partial charge in [-0.15, -0.1) is 0 Å². The molecule has 0 saturated heterocycles. The number of carbonyl (C=O) groups excluding carboxylic acids is 3. The van der Waals surface area contributed by atoms with Gasteiger partial charge in [0.1, 0.15) is 0 Å². The summed E-state index contributed by atoms with van der Waals surface area (Å²) in [5.41, 5.74) is 1.71. The van der Waals surface area contributed by atoms with E-state index in [1.54, 1.807) is 26.1 Å². The molecule has 1 aromatic carbocycles. The number of rotatable bonds is 3. The maximum absolute atomic E-state index is 11.8. The number of carbonyl (C=O) groups is 3. The lowest BCUT2D eigenvalue weighted by Gasteiger charge is -2.26. The van der Waals surface area contributed by atoms with Crippen LogP contribution in [0.4, 0.5) is 10.5 Å². The summed E-state index contributed by atoms with van der Waals surface area (Å²) in [5.74, 6) is -1.54. The Balaban J connectivity index is 2.27. The van der Waals surface area contributed by atoms with Gasteiger partial charge in [0.2, 0.25) is 0 Å². The molecular formula is C13H14N2O4. The van der Waals surface area contributed by atoms with Crippen LogP contribution in [0.15, 0.2) is 18.2 Å². The molecule has 0 fully saturated rings. The number of hydrogen-bond donors (Lipinski definition) is 1. The molecule has 0 bridgehead atoms. The molecule has 2 amide bonds. The fourth-order valence-corrected chi connectivity index (χ4v) is 1.84. The van der Waals surface area contributed by atoms with Crippen LogP contribution in [0, 0.1) is 0 Å². The molecule has 0 unspecified atom stereocenters. The molecule has 19 heavy (non-hydrogen) atoms. The predicted octanol–water partition coefficient (Wildman–Crippen LogP) is 1.41. The normalized spacial score (nSPS) is 13.6. The van der Waals surface area contributed by atoms with Crippen LogP contribution < -0.4 is 5.32 Å². The first-order valence-corrected chi connectivity index (χ1v) is 5.89. The second-order valence-electron chi connectivity index (χ2n) is 4.21. The molecule has 100 valence electrons. The Kier molecular flexibility index (Phi) is 3.50. The van der Waals surface area contributed by atoms with Gasteiger partial charge in [-0.2, -0.15) is 0 Å². The number of fused-ring (bicyclic) bond motifs is 1. The van der Waals surface area contributed by atoms with Crippen LogP contribution in [0.25, 0.3) is 0 Å². The summed E-state index contributed by atoms with van der Waals surface area (Å²) in [6, 6.07) is 4.53. The number of nitrogens with zero attached hydrogens (tertiary/aromatic N) is 1. The van der Waals surface area contributed by atoms with Gasteiger partial charge in [0.25, 0.3) is 5.78 Å². The minimum atomic E-state index is -0.865. The van der Waals surface area contributed by atoms with E-state index in [-0.39, 0.29) is 18.2 Å². The highest BCUT2D eigenvalue weighted by Crippen LogP contribution is 2.23. The van der Waals surface area contributed by atoms with Crippen LogP contribution in [0.2, 0.25) is 0 Å². The van der Waals surface area contributed by atoms with Gasteiger partial charge in [0.05, 0.1) is 6.61 Å². The zero-order valence-corrected chi connectivity index (χ0v) is 10.7. The largest absolute Gasteiger partial charge is 0.460 e. The van der Waals surface area contributed by atoms with E-state index in [4.69, 9.17) is 0 Å². The molecule has 2 rings (SSSR count). The second kappa shape index (κ2) is 5.09. The van der Waals surface area contributed by atoms with Gasteiger partial charge in [0.15, 0.2) is 0 Å². The zero-order valence-electron chi connectivity index (χ0n) is 10.7. The first kappa shape index (κ1) is 13.1. The maximum Gasteiger partial charge on any atom is 0.379 e.